The maximum atomic E-state index is 11.9. The number of carbonyl (C=O) groups excluding carboxylic acids is 1. The molecule has 0 atom stereocenters. The molecule has 2 rings (SSSR count). The van der Waals surface area contributed by atoms with Crippen molar-refractivity contribution in [1.82, 2.24) is 15.0 Å². The van der Waals surface area contributed by atoms with Crippen molar-refractivity contribution in [3.63, 3.8) is 0 Å². The highest BCUT2D eigenvalue weighted by atomic mass is 16.5. The summed E-state index contributed by atoms with van der Waals surface area (Å²) in [4.78, 5) is 18.2. The third kappa shape index (κ3) is 3.79. The number of nitrogens with zero attached hydrogens (tertiary/aromatic N) is 3. The maximum Gasteiger partial charge on any atom is 0.229 e. The minimum Gasteiger partial charge on any atom is -0.384 e. The Morgan fingerprint density at radius 2 is 2.20 bits per heavy atom. The first-order valence-corrected chi connectivity index (χ1v) is 7.33. The fourth-order valence-electron chi connectivity index (χ4n) is 2.48. The van der Waals surface area contributed by atoms with Crippen molar-refractivity contribution in [3.05, 3.63) is 11.7 Å². The van der Waals surface area contributed by atoms with Gasteiger partial charge in [-0.1, -0.05) is 12.1 Å². The number of aromatic nitrogens is 2. The van der Waals surface area contributed by atoms with E-state index < -0.39 is 0 Å². The molecule has 1 aromatic rings. The number of methoxy groups -OCH3 is 1. The number of amides is 1. The van der Waals surface area contributed by atoms with Crippen LogP contribution < -0.4 is 0 Å². The van der Waals surface area contributed by atoms with Gasteiger partial charge in [-0.25, -0.2) is 0 Å². The maximum absolute atomic E-state index is 11.9. The smallest absolute Gasteiger partial charge is 0.229 e. The van der Waals surface area contributed by atoms with Crippen molar-refractivity contribution in [1.29, 1.82) is 0 Å². The summed E-state index contributed by atoms with van der Waals surface area (Å²) < 4.78 is 10.3. The third-order valence-corrected chi connectivity index (χ3v) is 3.67. The Hall–Kier alpha value is -1.43. The minimum absolute atomic E-state index is 0.169. The summed E-state index contributed by atoms with van der Waals surface area (Å²) in [5.41, 5.74) is 0. The van der Waals surface area contributed by atoms with Gasteiger partial charge in [0.15, 0.2) is 5.82 Å². The molecule has 0 aliphatic carbocycles. The average Bonchev–Trinajstić information content (AvgIpc) is 2.94. The van der Waals surface area contributed by atoms with Crippen LogP contribution in [0.3, 0.4) is 0 Å². The van der Waals surface area contributed by atoms with Gasteiger partial charge in [0.25, 0.3) is 0 Å². The van der Waals surface area contributed by atoms with Gasteiger partial charge in [0.05, 0.1) is 13.0 Å². The van der Waals surface area contributed by atoms with Crippen molar-refractivity contribution in [2.45, 2.75) is 44.9 Å². The van der Waals surface area contributed by atoms with Crippen LogP contribution in [-0.4, -0.2) is 47.8 Å². The zero-order chi connectivity index (χ0) is 14.4. The van der Waals surface area contributed by atoms with E-state index in [1.165, 1.54) is 0 Å². The monoisotopic (exact) mass is 281 g/mol. The van der Waals surface area contributed by atoms with Gasteiger partial charge in [0.1, 0.15) is 0 Å². The van der Waals surface area contributed by atoms with Crippen LogP contribution >= 0.6 is 0 Å². The average molecular weight is 281 g/mol. The van der Waals surface area contributed by atoms with Gasteiger partial charge in [-0.15, -0.1) is 0 Å². The van der Waals surface area contributed by atoms with Gasteiger partial charge in [0, 0.05) is 32.5 Å². The molecular formula is C14H23N3O3. The molecule has 1 fully saturated rings. The number of likely N-dealkylation sites (tertiary alicyclic amines) is 1. The van der Waals surface area contributed by atoms with Gasteiger partial charge in [-0.05, 0) is 19.3 Å². The summed E-state index contributed by atoms with van der Waals surface area (Å²) in [6.07, 6.45) is 4.13. The van der Waals surface area contributed by atoms with E-state index in [4.69, 9.17) is 9.26 Å². The molecule has 1 aliphatic rings. The Bertz CT molecular complexity index is 425. The van der Waals surface area contributed by atoms with Crippen molar-refractivity contribution < 1.29 is 14.1 Å². The highest BCUT2D eigenvalue weighted by Gasteiger charge is 2.27. The van der Waals surface area contributed by atoms with E-state index in [0.717, 1.165) is 50.5 Å². The molecule has 1 aliphatic heterocycles. The molecule has 1 saturated heterocycles. The molecule has 112 valence electrons. The zero-order valence-electron chi connectivity index (χ0n) is 12.3. The number of hydrogen-bond donors (Lipinski definition) is 0. The Morgan fingerprint density at radius 3 is 2.85 bits per heavy atom. The van der Waals surface area contributed by atoms with Crippen molar-refractivity contribution >= 4 is 5.91 Å². The van der Waals surface area contributed by atoms with Gasteiger partial charge in [-0.3, -0.25) is 4.79 Å². The van der Waals surface area contributed by atoms with Crippen molar-refractivity contribution in [3.8, 4) is 0 Å². The molecule has 6 nitrogen and oxygen atoms in total. The quantitative estimate of drug-likeness (QED) is 0.794. The van der Waals surface area contributed by atoms with E-state index in [9.17, 15) is 4.79 Å². The molecule has 1 amide bonds. The van der Waals surface area contributed by atoms with E-state index in [1.54, 1.807) is 7.11 Å². The summed E-state index contributed by atoms with van der Waals surface area (Å²) in [7, 11) is 1.61. The van der Waals surface area contributed by atoms with E-state index >= 15 is 0 Å². The standard InChI is InChI=1S/C14H23N3O3/c1-3-4-12-15-14(20-16-12)11-5-8-17(9-6-11)13(18)7-10-19-2/h11H,3-10H2,1-2H3. The normalized spacial score (nSPS) is 16.6. The highest BCUT2D eigenvalue weighted by Crippen LogP contribution is 2.27. The van der Waals surface area contributed by atoms with E-state index in [2.05, 4.69) is 17.1 Å². The first-order chi connectivity index (χ1) is 9.74. The molecule has 0 saturated carbocycles. The predicted octanol–water partition coefficient (Wildman–Crippen LogP) is 1.76. The second-order valence-corrected chi connectivity index (χ2v) is 5.20. The van der Waals surface area contributed by atoms with E-state index in [-0.39, 0.29) is 5.91 Å². The number of hydrogen-bond acceptors (Lipinski definition) is 5. The number of carbonyl (C=O) groups is 1. The van der Waals surface area contributed by atoms with Crippen LogP contribution in [0, 0.1) is 0 Å². The predicted molar refractivity (Wildman–Crippen MR) is 73.3 cm³/mol. The number of rotatable bonds is 6. The Morgan fingerprint density at radius 1 is 1.45 bits per heavy atom. The Labute approximate surface area is 119 Å². The molecule has 20 heavy (non-hydrogen) atoms. The van der Waals surface area contributed by atoms with Gasteiger partial charge in [0.2, 0.25) is 11.8 Å². The second-order valence-electron chi connectivity index (χ2n) is 5.20. The first kappa shape index (κ1) is 15.0. The summed E-state index contributed by atoms with van der Waals surface area (Å²) in [5, 5.41) is 3.99. The van der Waals surface area contributed by atoms with Gasteiger partial charge >= 0.3 is 0 Å². The summed E-state index contributed by atoms with van der Waals surface area (Å²) in [6.45, 7) is 4.11. The summed E-state index contributed by atoms with van der Waals surface area (Å²) in [5.74, 6) is 1.99. The van der Waals surface area contributed by atoms with E-state index in [0.29, 0.717) is 18.9 Å². The molecule has 0 spiro atoms. The molecule has 0 radical (unpaired) electrons. The summed E-state index contributed by atoms with van der Waals surface area (Å²) >= 11 is 0. The van der Waals surface area contributed by atoms with Crippen LogP contribution in [0.2, 0.25) is 0 Å². The first-order valence-electron chi connectivity index (χ1n) is 7.33. The molecule has 0 bridgehead atoms. The molecule has 0 unspecified atom stereocenters. The van der Waals surface area contributed by atoms with Crippen LogP contribution in [0.4, 0.5) is 0 Å². The second kappa shape index (κ2) is 7.38. The van der Waals surface area contributed by atoms with Crippen LogP contribution in [0.5, 0.6) is 0 Å². The van der Waals surface area contributed by atoms with Crippen LogP contribution in [0.1, 0.15) is 50.2 Å². The number of ether oxygens (including phenoxy) is 1. The van der Waals surface area contributed by atoms with Crippen LogP contribution in [0.25, 0.3) is 0 Å². The van der Waals surface area contributed by atoms with Crippen molar-refractivity contribution in [2.75, 3.05) is 26.8 Å². The highest BCUT2D eigenvalue weighted by molar-refractivity contribution is 5.76. The lowest BCUT2D eigenvalue weighted by molar-refractivity contribution is -0.133. The molecule has 0 N–H and O–H groups in total. The molecule has 2 heterocycles. The molecular weight excluding hydrogens is 258 g/mol. The lowest BCUT2D eigenvalue weighted by atomic mass is 9.96. The van der Waals surface area contributed by atoms with Gasteiger partial charge < -0.3 is 14.2 Å². The number of piperidine rings is 1. The van der Waals surface area contributed by atoms with Crippen LogP contribution in [0.15, 0.2) is 4.52 Å². The zero-order valence-corrected chi connectivity index (χ0v) is 12.3. The van der Waals surface area contributed by atoms with Crippen LogP contribution in [-0.2, 0) is 16.0 Å². The molecule has 0 aromatic carbocycles. The fourth-order valence-corrected chi connectivity index (χ4v) is 2.48. The fraction of sp³-hybridized carbons (Fsp3) is 0.786. The minimum atomic E-state index is 0.169. The largest absolute Gasteiger partial charge is 0.384 e. The number of aryl methyl sites for hydroxylation is 1. The van der Waals surface area contributed by atoms with Crippen molar-refractivity contribution in [2.24, 2.45) is 0 Å². The molecule has 6 heteroatoms. The lowest BCUT2D eigenvalue weighted by Crippen LogP contribution is -2.38. The lowest BCUT2D eigenvalue weighted by Gasteiger charge is -2.30. The van der Waals surface area contributed by atoms with Gasteiger partial charge in [-0.2, -0.15) is 4.98 Å². The van der Waals surface area contributed by atoms with E-state index in [1.807, 2.05) is 4.90 Å². The Balaban J connectivity index is 1.82. The Kier molecular flexibility index (Phi) is 5.52. The topological polar surface area (TPSA) is 68.5 Å². The summed E-state index contributed by atoms with van der Waals surface area (Å²) in [6, 6.07) is 0. The SMILES string of the molecule is CCCc1noc(C2CCN(C(=O)CCOC)CC2)n1. The third-order valence-electron chi connectivity index (χ3n) is 3.67. The molecule has 1 aromatic heterocycles.